The maximum absolute atomic E-state index is 9.21. The van der Waals surface area contributed by atoms with Crippen LogP contribution in [0.15, 0.2) is 120 Å². The molecule has 0 aliphatic rings. The smallest absolute Gasteiger partial charge is 0.120 e. The minimum Gasteiger partial charge on any atom is -0.501 e. The van der Waals surface area contributed by atoms with Gasteiger partial charge in [0.25, 0.3) is 0 Å². The first-order chi connectivity index (χ1) is 25.7. The molecule has 0 amide bonds. The molecular weight excluding hydrogens is 817 g/mol. The summed E-state index contributed by atoms with van der Waals surface area (Å²) in [6, 6.07) is 38.9. The van der Waals surface area contributed by atoms with E-state index < -0.39 is 26.7 Å². The topological polar surface area (TPSA) is 38.9 Å². The Balaban J connectivity index is 0.000000211. The molecule has 3 aromatic heterocycles. The van der Waals surface area contributed by atoms with E-state index in [1.165, 1.54) is 6.07 Å². The molecule has 0 spiro atoms. The number of nitrogens with zero attached hydrogens (tertiary/aromatic N) is 2. The van der Waals surface area contributed by atoms with Crippen LogP contribution in [0.3, 0.4) is 0 Å². The summed E-state index contributed by atoms with van der Waals surface area (Å²) in [7, 11) is -1.75. The van der Waals surface area contributed by atoms with Gasteiger partial charge in [-0.3, -0.25) is 0 Å². The largest absolute Gasteiger partial charge is 0.501 e. The molecule has 7 aromatic rings. The molecule has 0 N–H and O–H groups in total. The van der Waals surface area contributed by atoms with Crippen molar-refractivity contribution < 1.29 is 31.4 Å². The second-order valence-corrected chi connectivity index (χ2v) is 19.9. The molecule has 7 rings (SSSR count). The molecule has 4 aromatic carbocycles. The van der Waals surface area contributed by atoms with Crippen molar-refractivity contribution in [3.8, 4) is 22.5 Å². The molecule has 0 saturated heterocycles. The molecular formula is C46H48IrN2OSi-2. The summed E-state index contributed by atoms with van der Waals surface area (Å²) in [6.07, 6.45) is 3.68. The Hall–Kier alpha value is -4.15. The summed E-state index contributed by atoms with van der Waals surface area (Å²) in [4.78, 5) is 9.21. The van der Waals surface area contributed by atoms with Gasteiger partial charge in [0.05, 0.1) is 13.7 Å². The van der Waals surface area contributed by atoms with Crippen molar-refractivity contribution in [2.45, 2.75) is 72.9 Å². The van der Waals surface area contributed by atoms with E-state index in [-0.39, 0.29) is 31.1 Å². The van der Waals surface area contributed by atoms with E-state index in [9.17, 15) is 1.37 Å². The summed E-state index contributed by atoms with van der Waals surface area (Å²) in [5.41, 5.74) is 7.59. The van der Waals surface area contributed by atoms with Gasteiger partial charge in [0, 0.05) is 50.6 Å². The summed E-state index contributed by atoms with van der Waals surface area (Å²) < 4.78 is 46.8. The Bertz CT molecular complexity index is 2450. The molecule has 51 heavy (non-hydrogen) atoms. The third-order valence-electron chi connectivity index (χ3n) is 9.32. The Morgan fingerprint density at radius 3 is 2.24 bits per heavy atom. The van der Waals surface area contributed by atoms with Crippen LogP contribution < -0.4 is 5.19 Å². The van der Waals surface area contributed by atoms with Crippen LogP contribution in [0.4, 0.5) is 0 Å². The summed E-state index contributed by atoms with van der Waals surface area (Å²) in [5.74, 6) is -1.65. The monoisotopic (exact) mass is 870 g/mol. The quantitative estimate of drug-likeness (QED) is 0.123. The van der Waals surface area contributed by atoms with Crippen LogP contribution >= 0.6 is 0 Å². The molecule has 0 bridgehead atoms. The Morgan fingerprint density at radius 2 is 1.55 bits per heavy atom. The van der Waals surface area contributed by atoms with Crippen molar-refractivity contribution in [1.29, 1.82) is 0 Å². The molecule has 3 nitrogen and oxygen atoms in total. The predicted molar refractivity (Wildman–Crippen MR) is 214 cm³/mol. The van der Waals surface area contributed by atoms with Gasteiger partial charge in [0.1, 0.15) is 5.58 Å². The van der Waals surface area contributed by atoms with Crippen LogP contribution in [0, 0.1) is 24.4 Å². The first kappa shape index (κ1) is 31.6. The van der Waals surface area contributed by atoms with Crippen molar-refractivity contribution in [1.82, 2.24) is 9.97 Å². The number of furan rings is 1. The van der Waals surface area contributed by atoms with Gasteiger partial charge in [0.15, 0.2) is 0 Å². The maximum atomic E-state index is 9.21. The number of rotatable bonds is 6. The number of fused-ring (bicyclic) bond motifs is 3. The van der Waals surface area contributed by atoms with Crippen molar-refractivity contribution in [2.75, 3.05) is 0 Å². The predicted octanol–water partition coefficient (Wildman–Crippen LogP) is 12.1. The van der Waals surface area contributed by atoms with Gasteiger partial charge in [-0.2, -0.15) is 0 Å². The van der Waals surface area contributed by atoms with E-state index >= 15 is 0 Å². The maximum Gasteiger partial charge on any atom is 0.120 e. The second kappa shape index (κ2) is 15.6. The molecule has 1 radical (unpaired) electrons. The third kappa shape index (κ3) is 8.50. The Labute approximate surface area is 326 Å². The Kier molecular flexibility index (Phi) is 9.67. The van der Waals surface area contributed by atoms with Gasteiger partial charge in [-0.05, 0) is 51.1 Å². The fourth-order valence-electron chi connectivity index (χ4n) is 6.05. The van der Waals surface area contributed by atoms with Crippen molar-refractivity contribution in [3.05, 3.63) is 150 Å². The number of para-hydroxylation sites is 1. The van der Waals surface area contributed by atoms with E-state index in [2.05, 4.69) is 68.6 Å². The zero-order chi connectivity index (χ0) is 40.0. The number of benzene rings is 4. The number of hydrogen-bond donors (Lipinski definition) is 0. The van der Waals surface area contributed by atoms with Crippen molar-refractivity contribution in [3.63, 3.8) is 0 Å². The standard InChI is InChI=1S/C23H22NO.C23H26NSi.Ir/c1-15(23(2,3)4)16-12-13-24-20(14-16)19-10-7-9-18-17-8-5-6-11-21(17)25-22(18)19;1-17-11-13-20(14-12-17)22-15-21(23(16-24-22)25(3,4)5)18(2)19-9-7-6-8-10-19;/h5-9,11-15H,1-4H3;6-13,15-16,18H,1-5H3;/q2*-1;/i15D;1D3,18D;. The second-order valence-electron chi connectivity index (χ2n) is 14.8. The summed E-state index contributed by atoms with van der Waals surface area (Å²) in [5, 5.41) is 3.31. The molecule has 0 aliphatic carbocycles. The molecule has 3 heterocycles. The van der Waals surface area contributed by atoms with E-state index in [0.29, 0.717) is 5.69 Å². The molecule has 0 fully saturated rings. The van der Waals surface area contributed by atoms with Crippen LogP contribution in [0.5, 0.6) is 0 Å². The van der Waals surface area contributed by atoms with Crippen molar-refractivity contribution in [2.24, 2.45) is 5.41 Å². The molecule has 263 valence electrons. The van der Waals surface area contributed by atoms with Crippen LogP contribution in [0.25, 0.3) is 44.5 Å². The van der Waals surface area contributed by atoms with Gasteiger partial charge >= 0.3 is 0 Å². The first-order valence-corrected chi connectivity index (χ1v) is 20.6. The third-order valence-corrected chi connectivity index (χ3v) is 11.3. The zero-order valence-electron chi connectivity index (χ0n) is 35.6. The minimum absolute atomic E-state index is 0. The average Bonchev–Trinajstić information content (AvgIpc) is 3.53. The Morgan fingerprint density at radius 1 is 0.804 bits per heavy atom. The van der Waals surface area contributed by atoms with Gasteiger partial charge in [-0.25, -0.2) is 0 Å². The molecule has 0 saturated carbocycles. The number of hydrogen-bond acceptors (Lipinski definition) is 3. The normalized spacial score (nSPS) is 15.8. The fourth-order valence-corrected chi connectivity index (χ4v) is 7.57. The minimum atomic E-state index is -2.15. The number of aryl methyl sites for hydroxylation is 1. The molecule has 5 heteroatoms. The average molecular weight is 870 g/mol. The van der Waals surface area contributed by atoms with Gasteiger partial charge in [0.2, 0.25) is 0 Å². The SMILES string of the molecule is [2H]C(C)(c1ccnc(-c2[c-]ccc3c2oc2ccccc23)c1)C(C)(C)C.[2H]C([2H])([2H])c1c[c-]c(-c2cc(C([2H])(C)c3ccccc3)c([Si](C)(C)C)cn2)cc1.[Ir]. The number of pyridine rings is 2. The van der Waals surface area contributed by atoms with Crippen LogP contribution in [0.1, 0.15) is 75.5 Å². The molecule has 0 aliphatic heterocycles. The van der Waals surface area contributed by atoms with Gasteiger partial charge in [-0.1, -0.05) is 138 Å². The van der Waals surface area contributed by atoms with Crippen LogP contribution in [-0.2, 0) is 20.1 Å². The van der Waals surface area contributed by atoms with Gasteiger partial charge in [-0.15, -0.1) is 53.6 Å². The fraction of sp³-hybridized carbons (Fsp3) is 0.261. The van der Waals surface area contributed by atoms with E-state index in [1.54, 1.807) is 18.3 Å². The number of aromatic nitrogens is 2. The summed E-state index contributed by atoms with van der Waals surface area (Å²) >= 11 is 0. The first-order valence-electron chi connectivity index (χ1n) is 19.6. The molecule has 2 unspecified atom stereocenters. The molecule has 2 atom stereocenters. The van der Waals surface area contributed by atoms with Crippen LogP contribution in [-0.4, -0.2) is 18.0 Å². The van der Waals surface area contributed by atoms with E-state index in [1.807, 2.05) is 98.9 Å². The van der Waals surface area contributed by atoms with Crippen LogP contribution in [0.2, 0.25) is 19.6 Å². The van der Waals surface area contributed by atoms with Crippen molar-refractivity contribution >= 4 is 35.2 Å². The summed E-state index contributed by atoms with van der Waals surface area (Å²) in [6.45, 7) is 14.8. The zero-order valence-corrected chi connectivity index (χ0v) is 34.0. The van der Waals surface area contributed by atoms with E-state index in [4.69, 9.17) is 9.90 Å². The van der Waals surface area contributed by atoms with Gasteiger partial charge < -0.3 is 14.4 Å². The van der Waals surface area contributed by atoms with E-state index in [0.717, 1.165) is 60.6 Å².